The number of carbonyl (C=O) groups is 1. The Hall–Kier alpha value is -1.64. The first-order chi connectivity index (χ1) is 8.19. The molecule has 0 atom stereocenters. The molecule has 0 bridgehead atoms. The molecule has 0 aromatic heterocycles. The zero-order chi connectivity index (χ0) is 12.3. The summed E-state index contributed by atoms with van der Waals surface area (Å²) in [4.78, 5) is 11.6. The Kier molecular flexibility index (Phi) is 3.57. The van der Waals surface area contributed by atoms with Crippen LogP contribution in [0.5, 0.6) is 0 Å². The van der Waals surface area contributed by atoms with Crippen molar-refractivity contribution in [1.82, 2.24) is 5.32 Å². The Morgan fingerprint density at radius 3 is 2.94 bits per heavy atom. The van der Waals surface area contributed by atoms with Gasteiger partial charge in [-0.25, -0.2) is 4.39 Å². The Labute approximate surface area is 101 Å². The third-order valence-corrected chi connectivity index (χ3v) is 2.94. The minimum absolute atomic E-state index is 0.0975. The van der Waals surface area contributed by atoms with E-state index in [0.717, 1.165) is 12.1 Å². The maximum absolute atomic E-state index is 13.5. The van der Waals surface area contributed by atoms with Gasteiger partial charge in [-0.15, -0.1) is 0 Å². The summed E-state index contributed by atoms with van der Waals surface area (Å²) in [5.41, 5.74) is 1.26. The van der Waals surface area contributed by atoms with Gasteiger partial charge in [0.25, 0.3) is 0 Å². The van der Waals surface area contributed by atoms with E-state index >= 15 is 0 Å². The van der Waals surface area contributed by atoms with Crippen LogP contribution >= 0.6 is 0 Å². The van der Waals surface area contributed by atoms with E-state index in [2.05, 4.69) is 11.9 Å². The maximum Gasteiger partial charge on any atom is 0.224 e. The van der Waals surface area contributed by atoms with Crippen molar-refractivity contribution < 1.29 is 9.18 Å². The largest absolute Gasteiger partial charge is 0.356 e. The molecular weight excluding hydrogens is 217 g/mol. The van der Waals surface area contributed by atoms with Crippen LogP contribution < -0.4 is 5.32 Å². The van der Waals surface area contributed by atoms with Crippen LogP contribution in [0.1, 0.15) is 24.0 Å². The predicted molar refractivity (Wildman–Crippen MR) is 65.9 cm³/mol. The van der Waals surface area contributed by atoms with E-state index < -0.39 is 0 Å². The van der Waals surface area contributed by atoms with Crippen molar-refractivity contribution in [3.63, 3.8) is 0 Å². The van der Waals surface area contributed by atoms with Crippen LogP contribution in [0.25, 0.3) is 6.08 Å². The van der Waals surface area contributed by atoms with Crippen molar-refractivity contribution in [2.45, 2.75) is 19.3 Å². The molecule has 1 N–H and O–H groups in total. The van der Waals surface area contributed by atoms with Gasteiger partial charge < -0.3 is 5.32 Å². The fourth-order valence-corrected chi connectivity index (χ4v) is 1.67. The molecule has 90 valence electrons. The summed E-state index contributed by atoms with van der Waals surface area (Å²) < 4.78 is 13.5. The lowest BCUT2D eigenvalue weighted by Gasteiger charge is -2.06. The second-order valence-electron chi connectivity index (χ2n) is 4.48. The lowest BCUT2D eigenvalue weighted by molar-refractivity contribution is -0.120. The van der Waals surface area contributed by atoms with E-state index in [0.29, 0.717) is 11.5 Å². The lowest BCUT2D eigenvalue weighted by Crippen LogP contribution is -2.27. The number of benzene rings is 1. The van der Waals surface area contributed by atoms with Gasteiger partial charge in [0, 0.05) is 6.54 Å². The van der Waals surface area contributed by atoms with Crippen molar-refractivity contribution in [3.8, 4) is 0 Å². The lowest BCUT2D eigenvalue weighted by atomic mass is 10.1. The van der Waals surface area contributed by atoms with Crippen LogP contribution in [-0.2, 0) is 11.2 Å². The molecule has 1 fully saturated rings. The summed E-state index contributed by atoms with van der Waals surface area (Å²) in [5, 5.41) is 2.83. The predicted octanol–water partition coefficient (Wildman–Crippen LogP) is 2.54. The van der Waals surface area contributed by atoms with E-state index in [-0.39, 0.29) is 18.1 Å². The summed E-state index contributed by atoms with van der Waals surface area (Å²) >= 11 is 0. The molecule has 1 saturated carbocycles. The quantitative estimate of drug-likeness (QED) is 0.832. The van der Waals surface area contributed by atoms with Gasteiger partial charge >= 0.3 is 0 Å². The first-order valence-electron chi connectivity index (χ1n) is 5.86. The normalized spacial score (nSPS) is 14.4. The minimum atomic E-state index is -0.336. The number of halogens is 1. The number of amides is 1. The Balaban J connectivity index is 1.95. The first-order valence-corrected chi connectivity index (χ1v) is 5.86. The highest BCUT2D eigenvalue weighted by molar-refractivity contribution is 5.78. The molecule has 1 aliphatic carbocycles. The Morgan fingerprint density at radius 2 is 2.29 bits per heavy atom. The molecule has 0 heterocycles. The fraction of sp³-hybridized carbons (Fsp3) is 0.357. The molecule has 0 spiro atoms. The van der Waals surface area contributed by atoms with E-state index in [1.807, 2.05) is 0 Å². The number of nitrogens with one attached hydrogen (secondary N) is 1. The molecule has 0 aliphatic heterocycles. The molecule has 1 amide bonds. The highest BCUT2D eigenvalue weighted by Gasteiger charge is 2.21. The smallest absolute Gasteiger partial charge is 0.224 e. The third kappa shape index (κ3) is 3.41. The fourth-order valence-electron chi connectivity index (χ4n) is 1.67. The van der Waals surface area contributed by atoms with Crippen LogP contribution in [0.2, 0.25) is 0 Å². The van der Waals surface area contributed by atoms with Gasteiger partial charge in [-0.2, -0.15) is 0 Å². The van der Waals surface area contributed by atoms with E-state index in [9.17, 15) is 9.18 Å². The summed E-state index contributed by atoms with van der Waals surface area (Å²) in [6, 6.07) is 4.69. The summed E-state index contributed by atoms with van der Waals surface area (Å²) in [6.07, 6.45) is 4.13. The third-order valence-electron chi connectivity index (χ3n) is 2.94. The molecule has 0 unspecified atom stereocenters. The molecule has 0 radical (unpaired) electrons. The average Bonchev–Trinajstić information content (AvgIpc) is 3.13. The van der Waals surface area contributed by atoms with Gasteiger partial charge in [-0.3, -0.25) is 4.79 Å². The SMILES string of the molecule is C=Cc1ccc(F)c(CC(=O)NCC2CC2)c1. The number of rotatable bonds is 5. The summed E-state index contributed by atoms with van der Waals surface area (Å²) in [7, 11) is 0. The highest BCUT2D eigenvalue weighted by Crippen LogP contribution is 2.27. The van der Waals surface area contributed by atoms with Crippen LogP contribution in [0.4, 0.5) is 4.39 Å². The molecule has 2 rings (SSSR count). The molecule has 0 saturated heterocycles. The van der Waals surface area contributed by atoms with Crippen molar-refractivity contribution in [2.75, 3.05) is 6.54 Å². The maximum atomic E-state index is 13.5. The molecule has 1 aromatic rings. The number of hydrogen-bond acceptors (Lipinski definition) is 1. The summed E-state index contributed by atoms with van der Waals surface area (Å²) in [5.74, 6) is 0.192. The Morgan fingerprint density at radius 1 is 1.53 bits per heavy atom. The topological polar surface area (TPSA) is 29.1 Å². The molecule has 1 aliphatic rings. The van der Waals surface area contributed by atoms with E-state index in [1.165, 1.54) is 18.9 Å². The van der Waals surface area contributed by atoms with Gasteiger partial charge in [0.1, 0.15) is 5.82 Å². The molecule has 1 aromatic carbocycles. The van der Waals surface area contributed by atoms with Crippen molar-refractivity contribution >= 4 is 12.0 Å². The average molecular weight is 233 g/mol. The van der Waals surface area contributed by atoms with Crippen molar-refractivity contribution in [2.24, 2.45) is 5.92 Å². The van der Waals surface area contributed by atoms with Crippen LogP contribution in [-0.4, -0.2) is 12.5 Å². The zero-order valence-corrected chi connectivity index (χ0v) is 9.71. The first kappa shape index (κ1) is 11.8. The molecular formula is C14H16FNO. The molecule has 2 nitrogen and oxygen atoms in total. The highest BCUT2D eigenvalue weighted by atomic mass is 19.1. The van der Waals surface area contributed by atoms with Crippen LogP contribution in [0.15, 0.2) is 24.8 Å². The van der Waals surface area contributed by atoms with Crippen LogP contribution in [0.3, 0.4) is 0 Å². The van der Waals surface area contributed by atoms with Gasteiger partial charge in [0.05, 0.1) is 6.42 Å². The van der Waals surface area contributed by atoms with Crippen LogP contribution in [0, 0.1) is 11.7 Å². The summed E-state index contributed by atoms with van der Waals surface area (Å²) in [6.45, 7) is 4.35. The van der Waals surface area contributed by atoms with Crippen molar-refractivity contribution in [1.29, 1.82) is 0 Å². The van der Waals surface area contributed by atoms with Gasteiger partial charge in [-0.05, 0) is 42.0 Å². The second-order valence-corrected chi connectivity index (χ2v) is 4.48. The minimum Gasteiger partial charge on any atom is -0.356 e. The second kappa shape index (κ2) is 5.13. The van der Waals surface area contributed by atoms with Gasteiger partial charge in [-0.1, -0.05) is 18.7 Å². The number of hydrogen-bond donors (Lipinski definition) is 1. The van der Waals surface area contributed by atoms with Gasteiger partial charge in [0.15, 0.2) is 0 Å². The van der Waals surface area contributed by atoms with E-state index in [4.69, 9.17) is 0 Å². The standard InChI is InChI=1S/C14H16FNO/c1-2-10-5-6-13(15)12(7-10)8-14(17)16-9-11-3-4-11/h2,5-7,11H,1,3-4,8-9H2,(H,16,17). The monoisotopic (exact) mass is 233 g/mol. The Bertz CT molecular complexity index is 438. The molecule has 17 heavy (non-hydrogen) atoms. The van der Waals surface area contributed by atoms with Crippen molar-refractivity contribution in [3.05, 3.63) is 41.7 Å². The van der Waals surface area contributed by atoms with Gasteiger partial charge in [0.2, 0.25) is 5.91 Å². The number of carbonyl (C=O) groups excluding carboxylic acids is 1. The molecule has 3 heteroatoms. The van der Waals surface area contributed by atoms with E-state index in [1.54, 1.807) is 18.2 Å². The zero-order valence-electron chi connectivity index (χ0n) is 9.71.